The number of benzene rings is 2. The lowest BCUT2D eigenvalue weighted by Crippen LogP contribution is -1.68. The van der Waals surface area contributed by atoms with Gasteiger partial charge in [-0.25, -0.2) is 0 Å². The molecule has 0 saturated heterocycles. The lowest BCUT2D eigenvalue weighted by molar-refractivity contribution is 1.65. The number of hydrogen-bond acceptors (Lipinski definition) is 0. The molecule has 0 aromatic heterocycles. The second-order valence-corrected chi connectivity index (χ2v) is 4.85. The molecule has 0 spiro atoms. The first-order valence-corrected chi connectivity index (χ1v) is 8.05. The van der Waals surface area contributed by atoms with Gasteiger partial charge in [-0.1, -0.05) is 83.8 Å². The molecule has 0 nitrogen and oxygen atoms in total. The van der Waals surface area contributed by atoms with Crippen LogP contribution in [0.15, 0.2) is 97.1 Å². The molecule has 2 aromatic carbocycles. The first-order chi connectivity index (χ1) is 12.9. The molecule has 0 radical (unpaired) electrons. The molecular formula is C26H16. The largest absolute Gasteiger partial charge is 0.0696 e. The molecule has 0 fully saturated rings. The monoisotopic (exact) mass is 328 g/mol. The highest BCUT2D eigenvalue weighted by molar-refractivity contribution is 5.40. The molecule has 0 heteroatoms. The second kappa shape index (κ2) is 12.3. The van der Waals surface area contributed by atoms with Crippen LogP contribution in [0.5, 0.6) is 0 Å². The molecule has 26 heavy (non-hydrogen) atoms. The first kappa shape index (κ1) is 18.2. The highest BCUT2D eigenvalue weighted by Gasteiger charge is 1.79. The van der Waals surface area contributed by atoms with Crippen molar-refractivity contribution in [2.24, 2.45) is 0 Å². The van der Waals surface area contributed by atoms with E-state index < -0.39 is 0 Å². The first-order valence-electron chi connectivity index (χ1n) is 8.05. The van der Waals surface area contributed by atoms with Crippen LogP contribution in [0.2, 0.25) is 0 Å². The minimum atomic E-state index is 0.988. The van der Waals surface area contributed by atoms with Gasteiger partial charge in [0.25, 0.3) is 0 Å². The van der Waals surface area contributed by atoms with Crippen molar-refractivity contribution in [3.63, 3.8) is 0 Å². The van der Waals surface area contributed by atoms with E-state index in [1.165, 1.54) is 0 Å². The average Bonchev–Trinajstić information content (AvgIpc) is 2.70. The third-order valence-electron chi connectivity index (χ3n) is 2.90. The third-order valence-corrected chi connectivity index (χ3v) is 2.90. The third kappa shape index (κ3) is 8.51. The van der Waals surface area contributed by atoms with Crippen molar-refractivity contribution in [1.29, 1.82) is 0 Å². The van der Waals surface area contributed by atoms with Gasteiger partial charge in [-0.05, 0) is 60.7 Å². The molecule has 0 bridgehead atoms. The van der Waals surface area contributed by atoms with Gasteiger partial charge in [0, 0.05) is 11.1 Å². The Morgan fingerprint density at radius 1 is 0.385 bits per heavy atom. The van der Waals surface area contributed by atoms with Gasteiger partial charge in [0.15, 0.2) is 0 Å². The summed E-state index contributed by atoms with van der Waals surface area (Å²) in [6, 6.07) is 19.7. The van der Waals surface area contributed by atoms with Crippen LogP contribution >= 0.6 is 0 Å². The van der Waals surface area contributed by atoms with Gasteiger partial charge >= 0.3 is 0 Å². The van der Waals surface area contributed by atoms with Crippen molar-refractivity contribution in [3.05, 3.63) is 108 Å². The predicted molar refractivity (Wildman–Crippen MR) is 110 cm³/mol. The summed E-state index contributed by atoms with van der Waals surface area (Å²) in [6.07, 6.45) is 10.3. The zero-order valence-corrected chi connectivity index (χ0v) is 14.2. The molecule has 0 amide bonds. The second-order valence-electron chi connectivity index (χ2n) is 4.85. The maximum Gasteiger partial charge on any atom is 0.0248 e. The summed E-state index contributed by atoms with van der Waals surface area (Å²) in [4.78, 5) is 0. The summed E-state index contributed by atoms with van der Waals surface area (Å²) >= 11 is 0. The highest BCUT2D eigenvalue weighted by Crippen LogP contribution is 1.95. The number of rotatable bonds is 0. The van der Waals surface area contributed by atoms with Crippen molar-refractivity contribution in [2.75, 3.05) is 0 Å². The van der Waals surface area contributed by atoms with Gasteiger partial charge in [0.05, 0.1) is 0 Å². The fourth-order valence-corrected chi connectivity index (χ4v) is 1.74. The summed E-state index contributed by atoms with van der Waals surface area (Å²) < 4.78 is 0. The molecule has 2 aromatic rings. The quantitative estimate of drug-likeness (QED) is 0.611. The molecule has 120 valence electrons. The average molecular weight is 328 g/mol. The maximum absolute atomic E-state index is 3.03. The van der Waals surface area contributed by atoms with E-state index in [0.717, 1.165) is 11.1 Å². The minimum absolute atomic E-state index is 0.988. The minimum Gasteiger partial charge on any atom is -0.0696 e. The summed E-state index contributed by atoms with van der Waals surface area (Å²) in [7, 11) is 0. The van der Waals surface area contributed by atoms with Gasteiger partial charge < -0.3 is 0 Å². The molecule has 0 saturated carbocycles. The Labute approximate surface area is 156 Å². The van der Waals surface area contributed by atoms with Crippen molar-refractivity contribution in [3.8, 4) is 47.4 Å². The number of allylic oxidation sites excluding steroid dienone is 6. The molecule has 0 N–H and O–H groups in total. The van der Waals surface area contributed by atoms with Gasteiger partial charge in [-0.3, -0.25) is 0 Å². The smallest absolute Gasteiger partial charge is 0.0248 e. The van der Waals surface area contributed by atoms with Gasteiger partial charge in [0.1, 0.15) is 0 Å². The van der Waals surface area contributed by atoms with E-state index in [1.807, 2.05) is 60.7 Å². The van der Waals surface area contributed by atoms with Crippen LogP contribution in [-0.2, 0) is 0 Å². The van der Waals surface area contributed by atoms with Crippen molar-refractivity contribution in [2.45, 2.75) is 0 Å². The zero-order valence-electron chi connectivity index (χ0n) is 14.2. The fraction of sp³-hybridized carbons (Fsp3) is 0. The molecule has 0 unspecified atom stereocenters. The molecule has 0 atom stereocenters. The van der Waals surface area contributed by atoms with E-state index in [-0.39, 0.29) is 0 Å². The Bertz CT molecular complexity index is 931. The maximum atomic E-state index is 3.03. The molecule has 0 aliphatic heterocycles. The molecule has 0 heterocycles. The predicted octanol–water partition coefficient (Wildman–Crippen LogP) is 4.77. The van der Waals surface area contributed by atoms with Gasteiger partial charge in [-0.2, -0.15) is 0 Å². The lowest BCUT2D eigenvalue weighted by atomic mass is 10.2. The fourth-order valence-electron chi connectivity index (χ4n) is 1.74. The van der Waals surface area contributed by atoms with Crippen LogP contribution in [0, 0.1) is 47.4 Å². The Balaban J connectivity index is 1.72. The van der Waals surface area contributed by atoms with E-state index in [4.69, 9.17) is 0 Å². The van der Waals surface area contributed by atoms with Crippen LogP contribution in [0.25, 0.3) is 0 Å². The van der Waals surface area contributed by atoms with E-state index in [1.54, 1.807) is 36.5 Å². The number of hydrogen-bond donors (Lipinski definition) is 0. The van der Waals surface area contributed by atoms with Crippen LogP contribution in [0.4, 0.5) is 0 Å². The highest BCUT2D eigenvalue weighted by atomic mass is 13.8. The van der Waals surface area contributed by atoms with E-state index >= 15 is 0 Å². The molecule has 0 aliphatic rings. The van der Waals surface area contributed by atoms with E-state index in [0.29, 0.717) is 0 Å². The van der Waals surface area contributed by atoms with E-state index in [9.17, 15) is 0 Å². The Hall–Kier alpha value is -4.10. The van der Waals surface area contributed by atoms with Crippen LogP contribution in [0.1, 0.15) is 11.1 Å². The van der Waals surface area contributed by atoms with Crippen molar-refractivity contribution in [1.82, 2.24) is 0 Å². The molecular weight excluding hydrogens is 312 g/mol. The van der Waals surface area contributed by atoms with Crippen LogP contribution in [-0.4, -0.2) is 0 Å². The van der Waals surface area contributed by atoms with Crippen LogP contribution < -0.4 is 0 Å². The lowest BCUT2D eigenvalue weighted by Gasteiger charge is -1.83. The zero-order chi connectivity index (χ0) is 18.1. The molecule has 2 rings (SSSR count). The van der Waals surface area contributed by atoms with Crippen LogP contribution in [0.3, 0.4) is 0 Å². The summed E-state index contributed by atoms with van der Waals surface area (Å²) in [5.41, 5.74) is 1.98. The Morgan fingerprint density at radius 3 is 1.04 bits per heavy atom. The summed E-state index contributed by atoms with van der Waals surface area (Å²) in [6.45, 7) is 0. The van der Waals surface area contributed by atoms with Gasteiger partial charge in [0.2, 0.25) is 0 Å². The summed E-state index contributed by atoms with van der Waals surface area (Å²) in [5, 5.41) is 0. The normalized spacial score (nSPS) is 9.38. The van der Waals surface area contributed by atoms with Crippen molar-refractivity contribution < 1.29 is 0 Å². The van der Waals surface area contributed by atoms with Crippen molar-refractivity contribution >= 4 is 0 Å². The topological polar surface area (TPSA) is 0 Å². The Kier molecular flexibility index (Phi) is 8.66. The summed E-state index contributed by atoms with van der Waals surface area (Å²) in [5.74, 6) is 23.4. The standard InChI is InChI=1S/C26H16/c1(3-5-7-9-13-19-25-21-15-11-16-22-25)2-4-6-8-10-14-20-26-23-17-12-18-24-26/h1-2,7-12,15-18,21-24H/b2-1-,9-7-,10-8-. The van der Waals surface area contributed by atoms with Gasteiger partial charge in [-0.15, -0.1) is 0 Å². The Morgan fingerprint density at radius 2 is 0.692 bits per heavy atom. The SMILES string of the molecule is C(#C/C=C\C#Cc1ccccc1)/C=C\C#C/C=C\C#Cc1ccccc1. The molecule has 0 aliphatic carbocycles. The van der Waals surface area contributed by atoms with E-state index in [2.05, 4.69) is 47.4 Å².